The van der Waals surface area contributed by atoms with Crippen molar-refractivity contribution in [3.8, 4) is 5.75 Å². The number of methoxy groups -OCH3 is 1. The Hall–Kier alpha value is -6.20. The number of rotatable bonds is 19. The molecule has 3 saturated heterocycles. The topological polar surface area (TPSA) is 222 Å². The van der Waals surface area contributed by atoms with Crippen LogP contribution < -0.4 is 26.0 Å². The molecule has 7 atom stereocenters. The maximum atomic E-state index is 14.5. The number of benzene rings is 2. The van der Waals surface area contributed by atoms with Crippen molar-refractivity contribution >= 4 is 47.5 Å². The van der Waals surface area contributed by atoms with Gasteiger partial charge in [-0.25, -0.2) is 9.59 Å². The fourth-order valence-electron chi connectivity index (χ4n) is 9.24. The maximum absolute atomic E-state index is 14.5. The maximum Gasteiger partial charge on any atom is 0.408 e. The SMILES string of the molecule is CC[C@H](C)[C@H](NC(=O)[C@@H]1CCCN1C(=O)CNC(=O)[C@@H]1CCCN1C(=O)C[C@H](Cc1ccccc1)NC(=O)[C@@H]1CCCN1C(=O)[C@H](Cc1ccc(OC(C)(C)C)cc1)NC(=O)OC(C)(C)C)C(=O)OC. The van der Waals surface area contributed by atoms with Crippen LogP contribution in [0.4, 0.5) is 4.79 Å². The average molecular weight is 974 g/mol. The van der Waals surface area contributed by atoms with E-state index in [4.69, 9.17) is 14.2 Å². The molecular weight excluding hydrogens is 899 g/mol. The van der Waals surface area contributed by atoms with E-state index in [2.05, 4.69) is 21.3 Å². The Balaban J connectivity index is 1.25. The Labute approximate surface area is 412 Å². The Morgan fingerprint density at radius 3 is 1.77 bits per heavy atom. The van der Waals surface area contributed by atoms with Crippen LogP contribution in [0, 0.1) is 5.92 Å². The number of nitrogens with one attached hydrogen (secondary N) is 4. The van der Waals surface area contributed by atoms with Crippen LogP contribution in [0.2, 0.25) is 0 Å². The number of alkyl carbamates (subject to hydrolysis) is 1. The third-order valence-electron chi connectivity index (χ3n) is 12.8. The van der Waals surface area contributed by atoms with Crippen molar-refractivity contribution in [3.05, 3.63) is 65.7 Å². The van der Waals surface area contributed by atoms with Crippen molar-refractivity contribution in [2.45, 2.75) is 167 Å². The molecule has 2 aromatic carbocycles. The zero-order chi connectivity index (χ0) is 51.3. The highest BCUT2D eigenvalue weighted by Crippen LogP contribution is 2.25. The zero-order valence-corrected chi connectivity index (χ0v) is 42.5. The second-order valence-electron chi connectivity index (χ2n) is 20.7. The first-order valence-electron chi connectivity index (χ1n) is 24.7. The molecule has 0 unspecified atom stereocenters. The molecule has 5 rings (SSSR count). The standard InChI is InChI=1S/C52H75N7O11/c1-10-33(2)44(49(66)68-9)56-47(64)40-20-15-27-58(40)43(61)32-53-45(62)39-19-14-26-57(39)42(60)31-36(29-34-17-12-11-13-18-34)54-46(63)41-21-16-28-59(41)48(65)38(55-50(67)70-52(6,7)8)30-35-22-24-37(25-23-35)69-51(3,4)5/h11-13,17-18,22-25,33,36,38-41,44H,10,14-16,19-21,26-32H2,1-9H3,(H,53,62)(H,54,63)(H,55,67)(H,56,64)/t33-,36-,38-,39-,40-,41-,44-/m0/s1. The van der Waals surface area contributed by atoms with E-state index in [1.165, 1.54) is 21.8 Å². The van der Waals surface area contributed by atoms with Crippen LogP contribution in [-0.4, -0.2) is 143 Å². The lowest BCUT2D eigenvalue weighted by atomic mass is 9.98. The highest BCUT2D eigenvalue weighted by atomic mass is 16.6. The van der Waals surface area contributed by atoms with Crippen molar-refractivity contribution in [1.82, 2.24) is 36.0 Å². The lowest BCUT2D eigenvalue weighted by molar-refractivity contribution is -0.148. The van der Waals surface area contributed by atoms with Gasteiger partial charge in [0.05, 0.1) is 13.7 Å². The molecule has 3 fully saturated rings. The second-order valence-corrected chi connectivity index (χ2v) is 20.7. The molecule has 70 heavy (non-hydrogen) atoms. The van der Waals surface area contributed by atoms with E-state index in [0.717, 1.165) is 11.1 Å². The van der Waals surface area contributed by atoms with Crippen LogP contribution in [0.5, 0.6) is 5.75 Å². The summed E-state index contributed by atoms with van der Waals surface area (Å²) in [6, 6.07) is 11.4. The van der Waals surface area contributed by atoms with Crippen molar-refractivity contribution in [3.63, 3.8) is 0 Å². The van der Waals surface area contributed by atoms with Gasteiger partial charge in [0.25, 0.3) is 0 Å². The number of esters is 1. The summed E-state index contributed by atoms with van der Waals surface area (Å²) in [5.74, 6) is -2.78. The van der Waals surface area contributed by atoms with Gasteiger partial charge in [-0.3, -0.25) is 28.8 Å². The van der Waals surface area contributed by atoms with Crippen LogP contribution in [0.15, 0.2) is 54.6 Å². The molecular formula is C52H75N7O11. The van der Waals surface area contributed by atoms with Gasteiger partial charge in [-0.15, -0.1) is 0 Å². The summed E-state index contributed by atoms with van der Waals surface area (Å²) in [7, 11) is 1.26. The molecule has 0 bridgehead atoms. The largest absolute Gasteiger partial charge is 0.488 e. The Bertz CT molecular complexity index is 2160. The number of carbonyl (C=O) groups is 8. The molecule has 0 radical (unpaired) electrons. The van der Waals surface area contributed by atoms with Gasteiger partial charge in [-0.2, -0.15) is 0 Å². The van der Waals surface area contributed by atoms with Crippen LogP contribution in [0.25, 0.3) is 0 Å². The number of likely N-dealkylation sites (tertiary alicyclic amines) is 3. The summed E-state index contributed by atoms with van der Waals surface area (Å²) >= 11 is 0. The fraction of sp³-hybridized carbons (Fsp3) is 0.615. The molecule has 384 valence electrons. The molecule has 4 N–H and O–H groups in total. The highest BCUT2D eigenvalue weighted by molar-refractivity contribution is 5.95. The summed E-state index contributed by atoms with van der Waals surface area (Å²) in [4.78, 5) is 114. The molecule has 3 aliphatic rings. The van der Waals surface area contributed by atoms with Crippen molar-refractivity contribution in [2.24, 2.45) is 5.92 Å². The van der Waals surface area contributed by atoms with Gasteiger partial charge in [0.15, 0.2) is 0 Å². The number of hydrogen-bond acceptors (Lipinski definition) is 11. The van der Waals surface area contributed by atoms with Crippen molar-refractivity contribution in [2.75, 3.05) is 33.3 Å². The molecule has 0 spiro atoms. The van der Waals surface area contributed by atoms with Gasteiger partial charge >= 0.3 is 12.1 Å². The van der Waals surface area contributed by atoms with Gasteiger partial charge in [-0.1, -0.05) is 62.7 Å². The number of carbonyl (C=O) groups excluding carboxylic acids is 8. The van der Waals surface area contributed by atoms with Crippen LogP contribution in [0.3, 0.4) is 0 Å². The molecule has 0 aromatic heterocycles. The van der Waals surface area contributed by atoms with Crippen LogP contribution >= 0.6 is 0 Å². The number of ether oxygens (including phenoxy) is 3. The van der Waals surface area contributed by atoms with E-state index >= 15 is 0 Å². The fourth-order valence-corrected chi connectivity index (χ4v) is 9.24. The summed E-state index contributed by atoms with van der Waals surface area (Å²) < 4.78 is 16.4. The third kappa shape index (κ3) is 15.7. The van der Waals surface area contributed by atoms with Crippen molar-refractivity contribution < 1.29 is 52.6 Å². The summed E-state index contributed by atoms with van der Waals surface area (Å²) in [6.07, 6.45) is 2.91. The molecule has 7 amide bonds. The second kappa shape index (κ2) is 24.6. The first kappa shape index (κ1) is 54.7. The minimum absolute atomic E-state index is 0.121. The lowest BCUT2D eigenvalue weighted by Gasteiger charge is -2.31. The van der Waals surface area contributed by atoms with E-state index in [0.29, 0.717) is 63.8 Å². The summed E-state index contributed by atoms with van der Waals surface area (Å²) in [6.45, 7) is 15.2. The molecule has 0 aliphatic carbocycles. The Morgan fingerprint density at radius 1 is 0.657 bits per heavy atom. The van der Waals surface area contributed by atoms with Gasteiger partial charge in [0.2, 0.25) is 35.4 Å². The molecule has 18 heteroatoms. The van der Waals surface area contributed by atoms with Gasteiger partial charge in [0, 0.05) is 38.5 Å². The van der Waals surface area contributed by atoms with Crippen LogP contribution in [0.1, 0.15) is 118 Å². The van der Waals surface area contributed by atoms with Crippen molar-refractivity contribution in [1.29, 1.82) is 0 Å². The third-order valence-corrected chi connectivity index (χ3v) is 12.8. The number of amides is 7. The predicted molar refractivity (Wildman–Crippen MR) is 261 cm³/mol. The molecule has 2 aromatic rings. The quantitative estimate of drug-likeness (QED) is 0.146. The normalized spacial score (nSPS) is 19.8. The minimum Gasteiger partial charge on any atom is -0.488 e. The zero-order valence-electron chi connectivity index (χ0n) is 42.5. The van der Waals surface area contributed by atoms with E-state index in [9.17, 15) is 38.4 Å². The monoisotopic (exact) mass is 974 g/mol. The van der Waals surface area contributed by atoms with Gasteiger partial charge < -0.3 is 50.2 Å². The van der Waals surface area contributed by atoms with E-state index in [1.807, 2.05) is 89.2 Å². The number of hydrogen-bond donors (Lipinski definition) is 4. The summed E-state index contributed by atoms with van der Waals surface area (Å²) in [5.41, 5.74) is 0.382. The van der Waals surface area contributed by atoms with Gasteiger partial charge in [-0.05, 0) is 116 Å². The van der Waals surface area contributed by atoms with E-state index < -0.39 is 89.1 Å². The molecule has 3 heterocycles. The smallest absolute Gasteiger partial charge is 0.408 e. The number of nitrogens with zero attached hydrogens (tertiary/aromatic N) is 3. The van der Waals surface area contributed by atoms with Crippen LogP contribution in [-0.2, 0) is 55.9 Å². The lowest BCUT2D eigenvalue weighted by Crippen LogP contribution is -2.56. The Kier molecular flexibility index (Phi) is 19.2. The Morgan fingerprint density at radius 2 is 1.20 bits per heavy atom. The first-order valence-corrected chi connectivity index (χ1v) is 24.7. The van der Waals surface area contributed by atoms with E-state index in [1.54, 1.807) is 20.8 Å². The van der Waals surface area contributed by atoms with Gasteiger partial charge in [0.1, 0.15) is 47.2 Å². The highest BCUT2D eigenvalue weighted by Gasteiger charge is 2.41. The van der Waals surface area contributed by atoms with E-state index in [-0.39, 0.29) is 44.2 Å². The molecule has 18 nitrogen and oxygen atoms in total. The molecule has 3 aliphatic heterocycles. The predicted octanol–water partition coefficient (Wildman–Crippen LogP) is 4.21. The summed E-state index contributed by atoms with van der Waals surface area (Å²) in [5, 5.41) is 11.3. The average Bonchev–Trinajstić information content (AvgIpc) is 4.11. The minimum atomic E-state index is -1.07. The first-order chi connectivity index (χ1) is 33.1. The molecule has 0 saturated carbocycles.